The fraction of sp³-hybridized carbons (Fsp3) is 0.316. The molecule has 136 valence electrons. The van der Waals surface area contributed by atoms with Gasteiger partial charge >= 0.3 is 0 Å². The van der Waals surface area contributed by atoms with Gasteiger partial charge in [-0.1, -0.05) is 12.1 Å². The Hall–Kier alpha value is -2.51. The molecule has 0 saturated carbocycles. The molecule has 0 bridgehead atoms. The van der Waals surface area contributed by atoms with Gasteiger partial charge in [-0.25, -0.2) is 4.98 Å². The van der Waals surface area contributed by atoms with Crippen molar-refractivity contribution in [2.75, 3.05) is 20.6 Å². The zero-order valence-corrected chi connectivity index (χ0v) is 15.9. The van der Waals surface area contributed by atoms with Crippen LogP contribution in [-0.4, -0.2) is 41.0 Å². The molecule has 2 heterocycles. The maximum absolute atomic E-state index is 12.6. The van der Waals surface area contributed by atoms with Crippen molar-refractivity contribution in [3.05, 3.63) is 62.8 Å². The van der Waals surface area contributed by atoms with Crippen molar-refractivity contribution in [1.82, 2.24) is 19.8 Å². The van der Waals surface area contributed by atoms with Crippen LogP contribution in [0.2, 0.25) is 0 Å². The Balaban J connectivity index is 1.71. The first-order chi connectivity index (χ1) is 12.5. The van der Waals surface area contributed by atoms with Gasteiger partial charge in [0, 0.05) is 6.54 Å². The number of hydrogen-bond acceptors (Lipinski definition) is 5. The van der Waals surface area contributed by atoms with Gasteiger partial charge in [0.2, 0.25) is 5.91 Å². The lowest BCUT2D eigenvalue weighted by atomic mass is 10.1. The number of carbonyl (C=O) groups excluding carboxylic acids is 1. The topological polar surface area (TPSA) is 67.2 Å². The number of fused-ring (bicyclic) bond motifs is 1. The van der Waals surface area contributed by atoms with E-state index in [0.717, 1.165) is 5.56 Å². The van der Waals surface area contributed by atoms with Crippen LogP contribution in [0.3, 0.4) is 0 Å². The van der Waals surface area contributed by atoms with E-state index >= 15 is 0 Å². The molecule has 0 radical (unpaired) electrons. The third-order valence-electron chi connectivity index (χ3n) is 4.41. The Kier molecular flexibility index (Phi) is 5.49. The van der Waals surface area contributed by atoms with Crippen molar-refractivity contribution < 1.29 is 4.79 Å². The summed E-state index contributed by atoms with van der Waals surface area (Å²) in [7, 11) is 3.96. The number of aryl methyl sites for hydroxylation is 1. The van der Waals surface area contributed by atoms with E-state index in [-0.39, 0.29) is 24.1 Å². The number of aromatic nitrogens is 2. The minimum atomic E-state index is -0.206. The molecule has 26 heavy (non-hydrogen) atoms. The van der Waals surface area contributed by atoms with E-state index in [1.165, 1.54) is 16.5 Å². The monoisotopic (exact) mass is 370 g/mol. The maximum atomic E-state index is 12.6. The zero-order valence-electron chi connectivity index (χ0n) is 15.1. The summed E-state index contributed by atoms with van der Waals surface area (Å²) in [6, 6.07) is 7.64. The van der Waals surface area contributed by atoms with Crippen molar-refractivity contribution in [3.8, 4) is 0 Å². The molecule has 3 aromatic rings. The standard InChI is InChI=1S/C19H22N4O2S/c1-13-5-4-6-15-18(13)21-12-23(19(15)25)10-17(24)20-9-16(22(2)3)14-7-8-26-11-14/h4-8,11-12,16H,9-10H2,1-3H3,(H,20,24). The summed E-state index contributed by atoms with van der Waals surface area (Å²) in [5.41, 5.74) is 2.59. The molecule has 6 nitrogen and oxygen atoms in total. The Labute approximate surface area is 156 Å². The molecule has 0 aliphatic rings. The highest BCUT2D eigenvalue weighted by Crippen LogP contribution is 2.19. The van der Waals surface area contributed by atoms with Crippen LogP contribution in [0, 0.1) is 6.92 Å². The zero-order chi connectivity index (χ0) is 18.7. The second-order valence-electron chi connectivity index (χ2n) is 6.49. The van der Waals surface area contributed by atoms with E-state index in [2.05, 4.69) is 26.6 Å². The van der Waals surface area contributed by atoms with Gasteiger partial charge in [0.15, 0.2) is 0 Å². The van der Waals surface area contributed by atoms with E-state index in [1.54, 1.807) is 17.4 Å². The van der Waals surface area contributed by atoms with Gasteiger partial charge in [0.05, 0.1) is 23.3 Å². The van der Waals surface area contributed by atoms with E-state index < -0.39 is 0 Å². The van der Waals surface area contributed by atoms with Gasteiger partial charge in [0.25, 0.3) is 5.56 Å². The van der Waals surface area contributed by atoms with Crippen LogP contribution in [-0.2, 0) is 11.3 Å². The molecular weight excluding hydrogens is 348 g/mol. The highest BCUT2D eigenvalue weighted by molar-refractivity contribution is 7.07. The SMILES string of the molecule is Cc1cccc2c(=O)n(CC(=O)NCC(c3ccsc3)N(C)C)cnc12. The molecule has 3 rings (SSSR count). The van der Waals surface area contributed by atoms with Gasteiger partial charge in [-0.2, -0.15) is 11.3 Å². The second kappa shape index (κ2) is 7.80. The Morgan fingerprint density at radius 1 is 1.35 bits per heavy atom. The van der Waals surface area contributed by atoms with Gasteiger partial charge in [0.1, 0.15) is 6.54 Å². The average Bonchev–Trinajstić information content (AvgIpc) is 3.12. The van der Waals surface area contributed by atoms with Gasteiger partial charge in [-0.3, -0.25) is 14.2 Å². The fourth-order valence-corrected chi connectivity index (χ4v) is 3.64. The van der Waals surface area contributed by atoms with Crippen LogP contribution in [0.15, 0.2) is 46.1 Å². The van der Waals surface area contributed by atoms with Crippen molar-refractivity contribution in [2.45, 2.75) is 19.5 Å². The normalized spacial score (nSPS) is 12.5. The molecule has 0 fully saturated rings. The molecule has 0 aliphatic heterocycles. The molecule has 0 spiro atoms. The predicted octanol–water partition coefficient (Wildman–Crippen LogP) is 2.19. The predicted molar refractivity (Wildman–Crippen MR) is 104 cm³/mol. The van der Waals surface area contributed by atoms with Crippen molar-refractivity contribution in [1.29, 1.82) is 0 Å². The number of carbonyl (C=O) groups is 1. The molecule has 0 saturated heterocycles. The molecule has 1 amide bonds. The third kappa shape index (κ3) is 3.84. The highest BCUT2D eigenvalue weighted by Gasteiger charge is 2.16. The number of para-hydroxylation sites is 1. The lowest BCUT2D eigenvalue weighted by Gasteiger charge is -2.24. The first kappa shape index (κ1) is 18.3. The Bertz CT molecular complexity index is 963. The van der Waals surface area contributed by atoms with Crippen LogP contribution in [0.4, 0.5) is 0 Å². The van der Waals surface area contributed by atoms with Gasteiger partial charge in [-0.05, 0) is 55.0 Å². The van der Waals surface area contributed by atoms with Crippen LogP contribution in [0.5, 0.6) is 0 Å². The fourth-order valence-electron chi connectivity index (χ4n) is 2.93. The molecule has 1 N–H and O–H groups in total. The first-order valence-corrected chi connectivity index (χ1v) is 9.31. The molecule has 7 heteroatoms. The summed E-state index contributed by atoms with van der Waals surface area (Å²) in [5.74, 6) is -0.206. The summed E-state index contributed by atoms with van der Waals surface area (Å²) in [5, 5.41) is 7.56. The molecule has 1 aromatic carbocycles. The van der Waals surface area contributed by atoms with Crippen molar-refractivity contribution in [3.63, 3.8) is 0 Å². The summed E-state index contributed by atoms with van der Waals surface area (Å²) >= 11 is 1.63. The van der Waals surface area contributed by atoms with Gasteiger partial charge in [-0.15, -0.1) is 0 Å². The van der Waals surface area contributed by atoms with E-state index in [4.69, 9.17) is 0 Å². The van der Waals surface area contributed by atoms with E-state index in [1.807, 2.05) is 38.5 Å². The number of likely N-dealkylation sites (N-methyl/N-ethyl adjacent to an activating group) is 1. The second-order valence-corrected chi connectivity index (χ2v) is 7.27. The molecule has 2 aromatic heterocycles. The van der Waals surface area contributed by atoms with E-state index in [9.17, 15) is 9.59 Å². The number of hydrogen-bond donors (Lipinski definition) is 1. The summed E-state index contributed by atoms with van der Waals surface area (Å²) < 4.78 is 1.35. The number of amides is 1. The molecule has 0 aliphatic carbocycles. The Morgan fingerprint density at radius 3 is 2.85 bits per heavy atom. The minimum Gasteiger partial charge on any atom is -0.353 e. The molecule has 1 unspecified atom stereocenters. The lowest BCUT2D eigenvalue weighted by molar-refractivity contribution is -0.121. The van der Waals surface area contributed by atoms with Gasteiger partial charge < -0.3 is 10.2 Å². The van der Waals surface area contributed by atoms with Crippen molar-refractivity contribution in [2.24, 2.45) is 0 Å². The van der Waals surface area contributed by atoms with Crippen molar-refractivity contribution >= 4 is 28.1 Å². The largest absolute Gasteiger partial charge is 0.353 e. The smallest absolute Gasteiger partial charge is 0.261 e. The van der Waals surface area contributed by atoms with Crippen LogP contribution < -0.4 is 10.9 Å². The van der Waals surface area contributed by atoms with Crippen LogP contribution >= 0.6 is 11.3 Å². The summed E-state index contributed by atoms with van der Waals surface area (Å²) in [4.78, 5) is 31.3. The summed E-state index contributed by atoms with van der Waals surface area (Å²) in [6.45, 7) is 2.36. The minimum absolute atomic E-state index is 0.0422. The molecular formula is C19H22N4O2S. The first-order valence-electron chi connectivity index (χ1n) is 8.37. The Morgan fingerprint density at radius 2 is 2.15 bits per heavy atom. The van der Waals surface area contributed by atoms with E-state index in [0.29, 0.717) is 17.4 Å². The third-order valence-corrected chi connectivity index (χ3v) is 5.11. The molecule has 1 atom stereocenters. The van der Waals surface area contributed by atoms with Crippen LogP contribution in [0.1, 0.15) is 17.2 Å². The lowest BCUT2D eigenvalue weighted by Crippen LogP contribution is -2.37. The maximum Gasteiger partial charge on any atom is 0.261 e. The average molecular weight is 370 g/mol. The number of nitrogens with zero attached hydrogens (tertiary/aromatic N) is 3. The number of benzene rings is 1. The van der Waals surface area contributed by atoms with Crippen LogP contribution in [0.25, 0.3) is 10.9 Å². The highest BCUT2D eigenvalue weighted by atomic mass is 32.1. The summed E-state index contributed by atoms with van der Waals surface area (Å²) in [6.07, 6.45) is 1.44. The number of thiophene rings is 1. The quantitative estimate of drug-likeness (QED) is 0.722. The number of rotatable bonds is 6. The number of nitrogens with one attached hydrogen (secondary N) is 1.